The van der Waals surface area contributed by atoms with E-state index in [1.165, 1.54) is 6.07 Å². The van der Waals surface area contributed by atoms with E-state index in [1.54, 1.807) is 47.5 Å². The van der Waals surface area contributed by atoms with E-state index < -0.39 is 0 Å². The number of nitrogens with one attached hydrogen (secondary N) is 1. The predicted molar refractivity (Wildman–Crippen MR) is 85.7 cm³/mol. The molecule has 0 aliphatic rings. The van der Waals surface area contributed by atoms with E-state index in [0.717, 1.165) is 5.69 Å². The van der Waals surface area contributed by atoms with Crippen LogP contribution >= 0.6 is 0 Å². The summed E-state index contributed by atoms with van der Waals surface area (Å²) in [5.74, 6) is -0.445. The zero-order valence-corrected chi connectivity index (χ0v) is 12.9. The van der Waals surface area contributed by atoms with Crippen LogP contribution in [0.5, 0.6) is 0 Å². The fraction of sp³-hybridized carbons (Fsp3) is 0.176. The topological polar surface area (TPSA) is 72.7 Å². The van der Waals surface area contributed by atoms with Gasteiger partial charge < -0.3 is 5.32 Å². The Labute approximate surface area is 138 Å². The number of carbonyl (C=O) groups is 1. The molecule has 1 aromatic carbocycles. The fourth-order valence-electron chi connectivity index (χ4n) is 2.22. The number of aryl methyl sites for hydroxylation is 1. The molecule has 3 aromatic rings. The molecule has 3 rings (SSSR count). The van der Waals surface area contributed by atoms with Crippen LogP contribution in [0.1, 0.15) is 17.7 Å². The summed E-state index contributed by atoms with van der Waals surface area (Å²) in [5, 5.41) is 10.8. The smallest absolute Gasteiger partial charge is 0.220 e. The number of amides is 1. The van der Waals surface area contributed by atoms with Crippen LogP contribution in [0.25, 0.3) is 5.69 Å². The first-order chi connectivity index (χ1) is 11.7. The van der Waals surface area contributed by atoms with Crippen LogP contribution in [0.3, 0.4) is 0 Å². The minimum absolute atomic E-state index is 0.158. The summed E-state index contributed by atoms with van der Waals surface area (Å²) < 4.78 is 15.1. The number of rotatable bonds is 6. The second kappa shape index (κ2) is 7.45. The maximum absolute atomic E-state index is 13.5. The number of halogens is 1. The fourth-order valence-corrected chi connectivity index (χ4v) is 2.22. The maximum atomic E-state index is 13.5. The molecule has 0 saturated heterocycles. The number of aromatic nitrogens is 4. The second-order valence-electron chi connectivity index (χ2n) is 5.23. The van der Waals surface area contributed by atoms with Gasteiger partial charge in [0.15, 0.2) is 0 Å². The van der Waals surface area contributed by atoms with Crippen LogP contribution in [0.2, 0.25) is 0 Å². The van der Waals surface area contributed by atoms with Crippen LogP contribution in [0, 0.1) is 5.82 Å². The van der Waals surface area contributed by atoms with Crippen molar-refractivity contribution in [3.63, 3.8) is 0 Å². The number of benzene rings is 1. The molecular weight excluding hydrogens is 309 g/mol. The van der Waals surface area contributed by atoms with Gasteiger partial charge in [-0.15, -0.1) is 5.10 Å². The molecule has 0 aliphatic carbocycles. The average molecular weight is 325 g/mol. The maximum Gasteiger partial charge on any atom is 0.220 e. The van der Waals surface area contributed by atoms with E-state index in [2.05, 4.69) is 20.6 Å². The Bertz CT molecular complexity index is 819. The first kappa shape index (κ1) is 15.8. The lowest BCUT2D eigenvalue weighted by molar-refractivity contribution is -0.121. The standard InChI is InChI=1S/C17H16FN5O/c18-16-6-2-1-4-13(16)7-8-17(24)20-10-14-12-23(22-21-14)15-5-3-9-19-11-15/h1-6,9,11-12H,7-8,10H2,(H,20,24). The monoisotopic (exact) mass is 325 g/mol. The highest BCUT2D eigenvalue weighted by atomic mass is 19.1. The van der Waals surface area contributed by atoms with E-state index in [-0.39, 0.29) is 24.7 Å². The van der Waals surface area contributed by atoms with Gasteiger partial charge in [-0.1, -0.05) is 23.4 Å². The van der Waals surface area contributed by atoms with Crippen LogP contribution in [0.15, 0.2) is 55.0 Å². The minimum atomic E-state index is -0.287. The Morgan fingerprint density at radius 1 is 1.21 bits per heavy atom. The van der Waals surface area contributed by atoms with Crippen molar-refractivity contribution in [3.05, 3.63) is 72.1 Å². The minimum Gasteiger partial charge on any atom is -0.350 e. The third-order valence-electron chi connectivity index (χ3n) is 3.50. The molecule has 24 heavy (non-hydrogen) atoms. The molecule has 0 aliphatic heterocycles. The molecule has 1 N–H and O–H groups in total. The summed E-state index contributed by atoms with van der Waals surface area (Å²) in [6.45, 7) is 0.274. The normalized spacial score (nSPS) is 10.5. The van der Waals surface area contributed by atoms with Crippen LogP contribution in [-0.4, -0.2) is 25.9 Å². The Kier molecular flexibility index (Phi) is 4.90. The Hall–Kier alpha value is -3.09. The summed E-state index contributed by atoms with van der Waals surface area (Å²) in [6, 6.07) is 10.1. The molecule has 0 unspecified atom stereocenters. The number of pyridine rings is 1. The zero-order chi connectivity index (χ0) is 16.8. The van der Waals surface area contributed by atoms with Gasteiger partial charge in [-0.2, -0.15) is 0 Å². The number of hydrogen-bond donors (Lipinski definition) is 1. The van der Waals surface area contributed by atoms with Gasteiger partial charge in [-0.05, 0) is 30.2 Å². The largest absolute Gasteiger partial charge is 0.350 e. The van der Waals surface area contributed by atoms with E-state index in [4.69, 9.17) is 0 Å². The van der Waals surface area contributed by atoms with E-state index >= 15 is 0 Å². The molecule has 122 valence electrons. The zero-order valence-electron chi connectivity index (χ0n) is 12.9. The number of carbonyl (C=O) groups excluding carboxylic acids is 1. The first-order valence-electron chi connectivity index (χ1n) is 7.54. The lowest BCUT2D eigenvalue weighted by Gasteiger charge is -2.04. The van der Waals surface area contributed by atoms with Crippen molar-refractivity contribution in [1.29, 1.82) is 0 Å². The van der Waals surface area contributed by atoms with E-state index in [0.29, 0.717) is 17.7 Å². The third-order valence-corrected chi connectivity index (χ3v) is 3.50. The lowest BCUT2D eigenvalue weighted by Crippen LogP contribution is -2.23. The summed E-state index contributed by atoms with van der Waals surface area (Å²) >= 11 is 0. The SMILES string of the molecule is O=C(CCc1ccccc1F)NCc1cn(-c2cccnc2)nn1. The van der Waals surface area contributed by atoms with Crippen molar-refractivity contribution >= 4 is 5.91 Å². The molecule has 0 radical (unpaired) electrons. The summed E-state index contributed by atoms with van der Waals surface area (Å²) in [6.07, 6.45) is 5.66. The first-order valence-corrected chi connectivity index (χ1v) is 7.54. The van der Waals surface area contributed by atoms with Gasteiger partial charge in [0.2, 0.25) is 5.91 Å². The molecule has 0 bridgehead atoms. The highest BCUT2D eigenvalue weighted by Gasteiger charge is 2.07. The van der Waals surface area contributed by atoms with Crippen molar-refractivity contribution in [2.24, 2.45) is 0 Å². The van der Waals surface area contributed by atoms with E-state index in [9.17, 15) is 9.18 Å². The molecular formula is C17H16FN5O. The van der Waals surface area contributed by atoms with E-state index in [1.807, 2.05) is 6.07 Å². The molecule has 0 spiro atoms. The lowest BCUT2D eigenvalue weighted by atomic mass is 10.1. The van der Waals surface area contributed by atoms with Crippen molar-refractivity contribution in [3.8, 4) is 5.69 Å². The van der Waals surface area contributed by atoms with Crippen molar-refractivity contribution in [2.75, 3.05) is 0 Å². The molecule has 0 saturated carbocycles. The molecule has 0 atom stereocenters. The highest BCUT2D eigenvalue weighted by molar-refractivity contribution is 5.76. The number of hydrogen-bond acceptors (Lipinski definition) is 4. The second-order valence-corrected chi connectivity index (χ2v) is 5.23. The highest BCUT2D eigenvalue weighted by Crippen LogP contribution is 2.09. The molecule has 6 nitrogen and oxygen atoms in total. The molecule has 2 heterocycles. The van der Waals surface area contributed by atoms with Gasteiger partial charge >= 0.3 is 0 Å². The van der Waals surface area contributed by atoms with Crippen molar-refractivity contribution in [1.82, 2.24) is 25.3 Å². The summed E-state index contributed by atoms with van der Waals surface area (Å²) in [4.78, 5) is 15.9. The predicted octanol–water partition coefficient (Wildman–Crippen LogP) is 2.05. The van der Waals surface area contributed by atoms with Crippen LogP contribution < -0.4 is 5.32 Å². The molecule has 1 amide bonds. The molecule has 7 heteroatoms. The van der Waals surface area contributed by atoms with Gasteiger partial charge in [0, 0.05) is 12.6 Å². The number of nitrogens with zero attached hydrogens (tertiary/aromatic N) is 4. The molecule has 2 aromatic heterocycles. The van der Waals surface area contributed by atoms with Gasteiger partial charge in [-0.25, -0.2) is 9.07 Å². The average Bonchev–Trinajstić information content (AvgIpc) is 3.09. The summed E-state index contributed by atoms with van der Waals surface area (Å²) in [7, 11) is 0. The van der Waals surface area contributed by atoms with Crippen molar-refractivity contribution < 1.29 is 9.18 Å². The van der Waals surface area contributed by atoms with Crippen LogP contribution in [-0.2, 0) is 17.8 Å². The van der Waals surface area contributed by atoms with Crippen molar-refractivity contribution in [2.45, 2.75) is 19.4 Å². The van der Waals surface area contributed by atoms with Gasteiger partial charge in [0.05, 0.1) is 24.6 Å². The Morgan fingerprint density at radius 3 is 2.88 bits per heavy atom. The Balaban J connectivity index is 1.50. The molecule has 0 fully saturated rings. The summed E-state index contributed by atoms with van der Waals surface area (Å²) in [5.41, 5.74) is 1.97. The Morgan fingerprint density at radius 2 is 2.08 bits per heavy atom. The quantitative estimate of drug-likeness (QED) is 0.753. The van der Waals surface area contributed by atoms with Gasteiger partial charge in [0.25, 0.3) is 0 Å². The van der Waals surface area contributed by atoms with Gasteiger partial charge in [-0.3, -0.25) is 9.78 Å². The van der Waals surface area contributed by atoms with Crippen LogP contribution in [0.4, 0.5) is 4.39 Å². The third kappa shape index (κ3) is 4.01. The van der Waals surface area contributed by atoms with Gasteiger partial charge in [0.1, 0.15) is 11.5 Å².